The average Bonchev–Trinajstić information content (AvgIpc) is 3.17. The van der Waals surface area contributed by atoms with Crippen LogP contribution in [0.1, 0.15) is 35.1 Å². The number of halogens is 3. The number of carbonyl (C=O) groups is 1. The van der Waals surface area contributed by atoms with Gasteiger partial charge in [-0.25, -0.2) is 4.79 Å². The molecule has 7 atom stereocenters. The van der Waals surface area contributed by atoms with E-state index in [2.05, 4.69) is 6.58 Å². The Balaban J connectivity index is 1.48. The highest BCUT2D eigenvalue weighted by Crippen LogP contribution is 2.44. The largest absolute Gasteiger partial charge is 0.459 e. The molecular formula is C42H45F3O8. The van der Waals surface area contributed by atoms with E-state index in [0.717, 1.165) is 23.8 Å². The summed E-state index contributed by atoms with van der Waals surface area (Å²) in [4.78, 5) is 13.7. The molecular weight excluding hydrogens is 689 g/mol. The zero-order valence-electron chi connectivity index (χ0n) is 29.7. The van der Waals surface area contributed by atoms with Crippen molar-refractivity contribution >= 4 is 5.97 Å². The summed E-state index contributed by atoms with van der Waals surface area (Å²) in [6, 6.07) is 35.3. The predicted molar refractivity (Wildman–Crippen MR) is 191 cm³/mol. The van der Waals surface area contributed by atoms with Gasteiger partial charge in [0.15, 0.2) is 6.29 Å². The molecule has 4 aromatic carbocycles. The minimum Gasteiger partial charge on any atom is -0.459 e. The number of hydrogen-bond acceptors (Lipinski definition) is 8. The van der Waals surface area contributed by atoms with Gasteiger partial charge in [-0.2, -0.15) is 13.2 Å². The van der Waals surface area contributed by atoms with Gasteiger partial charge in [0.25, 0.3) is 5.60 Å². The van der Waals surface area contributed by atoms with Crippen molar-refractivity contribution in [3.63, 3.8) is 0 Å². The molecule has 11 heteroatoms. The third-order valence-electron chi connectivity index (χ3n) is 9.05. The quantitative estimate of drug-likeness (QED) is 0.0750. The molecule has 0 spiro atoms. The van der Waals surface area contributed by atoms with Crippen molar-refractivity contribution in [2.45, 2.75) is 81.2 Å². The van der Waals surface area contributed by atoms with Crippen LogP contribution < -0.4 is 0 Å². The smallest absolute Gasteiger partial charge is 0.432 e. The molecule has 0 aliphatic carbocycles. The maximum atomic E-state index is 14.8. The Hall–Kier alpha value is -4.36. The molecule has 282 valence electrons. The molecule has 0 unspecified atom stereocenters. The lowest BCUT2D eigenvalue weighted by Crippen LogP contribution is -2.61. The summed E-state index contributed by atoms with van der Waals surface area (Å²) in [5.74, 6) is -1.62. The van der Waals surface area contributed by atoms with Crippen LogP contribution in [-0.2, 0) is 63.4 Å². The highest BCUT2D eigenvalue weighted by atomic mass is 19.4. The van der Waals surface area contributed by atoms with Gasteiger partial charge in [-0.3, -0.25) is 0 Å². The molecule has 1 aliphatic heterocycles. The predicted octanol–water partition coefficient (Wildman–Crippen LogP) is 8.10. The van der Waals surface area contributed by atoms with Crippen molar-refractivity contribution in [1.29, 1.82) is 0 Å². The Morgan fingerprint density at radius 3 is 1.60 bits per heavy atom. The number of ether oxygens (including phenoxy) is 7. The minimum atomic E-state index is -5.15. The summed E-state index contributed by atoms with van der Waals surface area (Å²) in [7, 11) is 2.30. The first kappa shape index (κ1) is 39.8. The molecule has 0 bridgehead atoms. The normalized spacial score (nSPS) is 22.0. The summed E-state index contributed by atoms with van der Waals surface area (Å²) in [5, 5.41) is 0. The first-order valence-corrected chi connectivity index (χ1v) is 17.3. The van der Waals surface area contributed by atoms with Crippen LogP contribution in [0.2, 0.25) is 0 Å². The van der Waals surface area contributed by atoms with E-state index < -0.39 is 60.1 Å². The van der Waals surface area contributed by atoms with Crippen LogP contribution in [0.4, 0.5) is 13.2 Å². The van der Waals surface area contributed by atoms with Crippen molar-refractivity contribution in [2.24, 2.45) is 0 Å². The maximum Gasteiger partial charge on any atom is 0.432 e. The number of methoxy groups -OCH3 is 2. The molecule has 0 amide bonds. The summed E-state index contributed by atoms with van der Waals surface area (Å²) >= 11 is 0. The van der Waals surface area contributed by atoms with E-state index >= 15 is 0 Å². The zero-order chi connectivity index (χ0) is 37.7. The molecule has 1 aliphatic rings. The van der Waals surface area contributed by atoms with E-state index in [9.17, 15) is 18.0 Å². The Labute approximate surface area is 308 Å². The van der Waals surface area contributed by atoms with Crippen LogP contribution in [0, 0.1) is 0 Å². The number of carbonyl (C=O) groups excluding carboxylic acids is 1. The van der Waals surface area contributed by atoms with Crippen molar-refractivity contribution in [1.82, 2.24) is 0 Å². The third-order valence-corrected chi connectivity index (χ3v) is 9.05. The Bertz CT molecular complexity index is 1680. The highest BCUT2D eigenvalue weighted by Gasteiger charge is 2.64. The molecule has 1 saturated heterocycles. The van der Waals surface area contributed by atoms with Gasteiger partial charge >= 0.3 is 12.1 Å². The van der Waals surface area contributed by atoms with Crippen LogP contribution >= 0.6 is 0 Å². The van der Waals surface area contributed by atoms with Crippen LogP contribution in [0.15, 0.2) is 134 Å². The van der Waals surface area contributed by atoms with Crippen LogP contribution in [0.5, 0.6) is 0 Å². The van der Waals surface area contributed by atoms with Gasteiger partial charge in [-0.05, 0) is 16.7 Å². The van der Waals surface area contributed by atoms with E-state index in [-0.39, 0.29) is 32.7 Å². The van der Waals surface area contributed by atoms with Gasteiger partial charge < -0.3 is 33.2 Å². The average molecular weight is 735 g/mol. The fourth-order valence-corrected chi connectivity index (χ4v) is 6.38. The van der Waals surface area contributed by atoms with Crippen LogP contribution in [-0.4, -0.2) is 63.2 Å². The molecule has 5 rings (SSSR count). The second-order valence-corrected chi connectivity index (χ2v) is 12.6. The number of benzene rings is 4. The van der Waals surface area contributed by atoms with Gasteiger partial charge in [0.2, 0.25) is 0 Å². The standard InChI is InChI=1S/C42H45F3O8/c1-4-17-34(52-40(46)41(48-3,42(43,44)45)33-24-15-8-16-25-33)26-35-36(49-27-30-18-9-5-10-19-30)37(50-28-31-20-11-6-12-21-31)38(39(47-2)53-35)51-29-32-22-13-7-14-23-32/h4-16,18-25,34-39H,1,17,26-29H2,2-3H3/t34-,35+,36+,37-,38+,39-,41+/m0/s1. The number of alkyl halides is 3. The lowest BCUT2D eigenvalue weighted by Gasteiger charge is -2.46. The second kappa shape index (κ2) is 19.1. The lowest BCUT2D eigenvalue weighted by molar-refractivity contribution is -0.321. The van der Waals surface area contributed by atoms with E-state index in [4.69, 9.17) is 33.2 Å². The SMILES string of the molecule is C=CC[C@@H](C[C@H]1O[C@H](OC)[C@H](OCc2ccccc2)[C@@H](OCc2ccccc2)[C@@H]1OCc1ccccc1)OC(=O)[C@](OC)(c1ccccc1)C(F)(F)F. The monoisotopic (exact) mass is 734 g/mol. The minimum absolute atomic E-state index is 0.00453. The second-order valence-electron chi connectivity index (χ2n) is 12.6. The van der Waals surface area contributed by atoms with E-state index in [1.165, 1.54) is 37.5 Å². The van der Waals surface area contributed by atoms with Crippen molar-refractivity contribution in [3.8, 4) is 0 Å². The fraction of sp³-hybridized carbons (Fsp3) is 0.357. The number of rotatable bonds is 18. The molecule has 0 aromatic heterocycles. The Morgan fingerprint density at radius 2 is 1.17 bits per heavy atom. The van der Waals surface area contributed by atoms with Gasteiger partial charge in [0.05, 0.1) is 25.9 Å². The summed E-state index contributed by atoms with van der Waals surface area (Å²) in [6.45, 7) is 4.33. The molecule has 4 aromatic rings. The van der Waals surface area contributed by atoms with Crippen molar-refractivity contribution in [3.05, 3.63) is 156 Å². The van der Waals surface area contributed by atoms with Crippen LogP contribution in [0.25, 0.3) is 0 Å². The number of hydrogen-bond donors (Lipinski definition) is 0. The number of esters is 1. The van der Waals surface area contributed by atoms with Gasteiger partial charge in [-0.15, -0.1) is 6.58 Å². The molecule has 0 radical (unpaired) electrons. The van der Waals surface area contributed by atoms with Gasteiger partial charge in [-0.1, -0.05) is 127 Å². The van der Waals surface area contributed by atoms with Crippen LogP contribution in [0.3, 0.4) is 0 Å². The molecule has 8 nitrogen and oxygen atoms in total. The maximum absolute atomic E-state index is 14.8. The lowest BCUT2D eigenvalue weighted by atomic mass is 9.91. The van der Waals surface area contributed by atoms with Gasteiger partial charge in [0.1, 0.15) is 24.4 Å². The summed E-state index contributed by atoms with van der Waals surface area (Å²) in [5.41, 5.74) is -1.11. The molecule has 0 N–H and O–H groups in total. The molecule has 0 saturated carbocycles. The first-order valence-electron chi connectivity index (χ1n) is 17.3. The van der Waals surface area contributed by atoms with Gasteiger partial charge in [0, 0.05) is 32.6 Å². The molecule has 1 fully saturated rings. The Kier molecular flexibility index (Phi) is 14.4. The van der Waals surface area contributed by atoms with Crippen molar-refractivity contribution < 1.29 is 51.1 Å². The van der Waals surface area contributed by atoms with Crippen molar-refractivity contribution in [2.75, 3.05) is 14.2 Å². The van der Waals surface area contributed by atoms with E-state index in [0.29, 0.717) is 0 Å². The molecule has 1 heterocycles. The first-order chi connectivity index (χ1) is 25.7. The molecule has 53 heavy (non-hydrogen) atoms. The highest BCUT2D eigenvalue weighted by molar-refractivity contribution is 5.82. The van der Waals surface area contributed by atoms with E-state index in [1.807, 2.05) is 91.0 Å². The summed E-state index contributed by atoms with van der Waals surface area (Å²) in [6.07, 6.45) is -9.27. The fourth-order valence-electron chi connectivity index (χ4n) is 6.38. The topological polar surface area (TPSA) is 81.7 Å². The third kappa shape index (κ3) is 10.00. The zero-order valence-corrected chi connectivity index (χ0v) is 29.7. The Morgan fingerprint density at radius 1 is 0.717 bits per heavy atom. The van der Waals surface area contributed by atoms with E-state index in [1.54, 1.807) is 6.07 Å². The summed E-state index contributed by atoms with van der Waals surface area (Å²) < 4.78 is 87.1.